The topological polar surface area (TPSA) is 41.1 Å². The van der Waals surface area contributed by atoms with E-state index in [1.54, 1.807) is 0 Å². The smallest absolute Gasteiger partial charge is 0.220 e. The minimum atomic E-state index is -1.13. The highest BCUT2D eigenvalue weighted by Gasteiger charge is 2.13. The molecule has 0 fully saturated rings. The molecule has 11 heavy (non-hydrogen) atoms. The van der Waals surface area contributed by atoms with Crippen LogP contribution in [0.1, 0.15) is 5.56 Å². The van der Waals surface area contributed by atoms with E-state index in [9.17, 15) is 4.21 Å². The Morgan fingerprint density at radius 3 is 2.82 bits per heavy atom. The van der Waals surface area contributed by atoms with Gasteiger partial charge < -0.3 is 0 Å². The van der Waals surface area contributed by atoms with Crippen LogP contribution in [-0.4, -0.2) is 4.21 Å². The van der Waals surface area contributed by atoms with E-state index in [-0.39, 0.29) is 0 Å². The molecule has 0 aliphatic carbocycles. The Balaban J connectivity index is 2.51. The molecule has 1 heterocycles. The Labute approximate surface area is 67.5 Å². The van der Waals surface area contributed by atoms with Gasteiger partial charge in [-0.25, -0.2) is 4.21 Å². The third-order valence-corrected chi connectivity index (χ3v) is 2.39. The van der Waals surface area contributed by atoms with E-state index >= 15 is 0 Å². The summed E-state index contributed by atoms with van der Waals surface area (Å²) in [4.78, 5) is 0. The van der Waals surface area contributed by atoms with Crippen molar-refractivity contribution in [2.24, 2.45) is 0 Å². The second-order valence-electron chi connectivity index (χ2n) is 2.52. The molecule has 1 aliphatic heterocycles. The third-order valence-electron chi connectivity index (χ3n) is 1.58. The van der Waals surface area contributed by atoms with Crippen LogP contribution in [0.25, 0.3) is 0 Å². The molecule has 3 nitrogen and oxygen atoms in total. The number of rotatable bonds is 0. The molecule has 0 amide bonds. The lowest BCUT2D eigenvalue weighted by Gasteiger charge is -1.96. The fourth-order valence-corrected chi connectivity index (χ4v) is 1.85. The van der Waals surface area contributed by atoms with Crippen LogP contribution in [0, 0.1) is 6.92 Å². The minimum Gasteiger partial charge on any atom is -0.286 e. The van der Waals surface area contributed by atoms with Gasteiger partial charge in [-0.2, -0.15) is 0 Å². The Bertz CT molecular complexity index is 324. The van der Waals surface area contributed by atoms with Crippen molar-refractivity contribution in [3.63, 3.8) is 0 Å². The molecule has 0 aromatic heterocycles. The van der Waals surface area contributed by atoms with Crippen molar-refractivity contribution in [3.05, 3.63) is 23.8 Å². The van der Waals surface area contributed by atoms with E-state index in [0.717, 1.165) is 16.9 Å². The van der Waals surface area contributed by atoms with E-state index in [0.29, 0.717) is 0 Å². The van der Waals surface area contributed by atoms with Gasteiger partial charge in [0.15, 0.2) is 0 Å². The van der Waals surface area contributed by atoms with Crippen LogP contribution >= 0.6 is 0 Å². The van der Waals surface area contributed by atoms with Crippen molar-refractivity contribution < 1.29 is 4.21 Å². The molecule has 2 rings (SSSR count). The maximum atomic E-state index is 10.9. The van der Waals surface area contributed by atoms with Crippen LogP contribution in [0.2, 0.25) is 0 Å². The summed E-state index contributed by atoms with van der Waals surface area (Å²) in [5.74, 6) is 0. The lowest BCUT2D eigenvalue weighted by Crippen LogP contribution is -2.02. The van der Waals surface area contributed by atoms with Gasteiger partial charge in [-0.1, -0.05) is 6.07 Å². The zero-order valence-corrected chi connectivity index (χ0v) is 6.87. The van der Waals surface area contributed by atoms with Crippen LogP contribution in [0.3, 0.4) is 0 Å². The molecule has 1 aromatic carbocycles. The van der Waals surface area contributed by atoms with Crippen LogP contribution in [-0.2, 0) is 11.2 Å². The van der Waals surface area contributed by atoms with Gasteiger partial charge >= 0.3 is 0 Å². The first-order chi connectivity index (χ1) is 5.25. The first kappa shape index (κ1) is 6.67. The summed E-state index contributed by atoms with van der Waals surface area (Å²) in [5, 5.41) is 0. The summed E-state index contributed by atoms with van der Waals surface area (Å²) in [6.45, 7) is 2.00. The zero-order valence-electron chi connectivity index (χ0n) is 6.05. The first-order valence-electron chi connectivity index (χ1n) is 3.31. The third kappa shape index (κ3) is 1.09. The SMILES string of the molecule is Cc1ccc2c(c1)NS(=O)N2. The summed E-state index contributed by atoms with van der Waals surface area (Å²) >= 11 is -1.13. The van der Waals surface area contributed by atoms with E-state index in [1.165, 1.54) is 0 Å². The van der Waals surface area contributed by atoms with Crippen molar-refractivity contribution in [3.8, 4) is 0 Å². The van der Waals surface area contributed by atoms with Gasteiger partial charge in [0.25, 0.3) is 0 Å². The quantitative estimate of drug-likeness (QED) is 0.604. The molecule has 58 valence electrons. The van der Waals surface area contributed by atoms with Gasteiger partial charge in [0.2, 0.25) is 11.2 Å². The molecule has 4 heteroatoms. The van der Waals surface area contributed by atoms with Crippen molar-refractivity contribution in [1.82, 2.24) is 0 Å². The van der Waals surface area contributed by atoms with Crippen molar-refractivity contribution in [2.45, 2.75) is 6.92 Å². The van der Waals surface area contributed by atoms with Crippen molar-refractivity contribution in [1.29, 1.82) is 0 Å². The van der Waals surface area contributed by atoms with Crippen molar-refractivity contribution in [2.75, 3.05) is 9.44 Å². The monoisotopic (exact) mass is 168 g/mol. The second kappa shape index (κ2) is 2.23. The number of fused-ring (bicyclic) bond motifs is 1. The van der Waals surface area contributed by atoms with Gasteiger partial charge in [-0.3, -0.25) is 9.44 Å². The standard InChI is InChI=1S/C7H8N2OS/c1-5-2-3-6-7(4-5)9-11(10)8-6/h2-4,8-9H,1H3. The molecular formula is C7H8N2OS. The highest BCUT2D eigenvalue weighted by Crippen LogP contribution is 2.28. The van der Waals surface area contributed by atoms with Crippen LogP contribution < -0.4 is 9.44 Å². The molecule has 0 saturated carbocycles. The summed E-state index contributed by atoms with van der Waals surface area (Å²) in [6, 6.07) is 5.87. The van der Waals surface area contributed by atoms with E-state index in [2.05, 4.69) is 9.44 Å². The molecule has 0 radical (unpaired) electrons. The molecular weight excluding hydrogens is 160 g/mol. The number of nitrogens with one attached hydrogen (secondary N) is 2. The Morgan fingerprint density at radius 1 is 1.27 bits per heavy atom. The number of hydrogen-bond donors (Lipinski definition) is 2. The molecule has 0 spiro atoms. The van der Waals surface area contributed by atoms with Crippen LogP contribution in [0.4, 0.5) is 11.4 Å². The molecule has 2 N–H and O–H groups in total. The Hall–Kier alpha value is -1.03. The summed E-state index contributed by atoms with van der Waals surface area (Å²) in [5.41, 5.74) is 2.99. The molecule has 0 bridgehead atoms. The minimum absolute atomic E-state index is 0.911. The van der Waals surface area contributed by atoms with E-state index < -0.39 is 11.2 Å². The number of anilines is 2. The van der Waals surface area contributed by atoms with E-state index in [4.69, 9.17) is 0 Å². The maximum Gasteiger partial charge on any atom is 0.220 e. The van der Waals surface area contributed by atoms with Crippen LogP contribution in [0.5, 0.6) is 0 Å². The Kier molecular flexibility index (Phi) is 1.35. The highest BCUT2D eigenvalue weighted by molar-refractivity contribution is 7.88. The van der Waals surface area contributed by atoms with Crippen LogP contribution in [0.15, 0.2) is 18.2 Å². The average Bonchev–Trinajstić information content (AvgIpc) is 2.27. The predicted octanol–water partition coefficient (Wildman–Crippen LogP) is 1.41. The number of aryl methyl sites for hydroxylation is 1. The number of benzene rings is 1. The van der Waals surface area contributed by atoms with E-state index in [1.807, 2.05) is 25.1 Å². The fourth-order valence-electron chi connectivity index (χ4n) is 1.06. The van der Waals surface area contributed by atoms with Crippen molar-refractivity contribution >= 4 is 22.5 Å². The summed E-state index contributed by atoms with van der Waals surface area (Å²) in [6.07, 6.45) is 0. The van der Waals surface area contributed by atoms with Gasteiger partial charge in [-0.15, -0.1) is 0 Å². The molecule has 1 atom stereocenters. The molecule has 1 aromatic rings. The van der Waals surface area contributed by atoms with Gasteiger partial charge in [0.05, 0.1) is 11.4 Å². The molecule has 1 aliphatic rings. The molecule has 1 unspecified atom stereocenters. The zero-order chi connectivity index (χ0) is 7.84. The van der Waals surface area contributed by atoms with Gasteiger partial charge in [0, 0.05) is 0 Å². The fraction of sp³-hybridized carbons (Fsp3) is 0.143. The molecule has 0 saturated heterocycles. The second-order valence-corrected chi connectivity index (χ2v) is 3.47. The summed E-state index contributed by atoms with van der Waals surface area (Å²) < 4.78 is 16.5. The van der Waals surface area contributed by atoms with Gasteiger partial charge in [0.1, 0.15) is 0 Å². The predicted molar refractivity (Wildman–Crippen MR) is 46.6 cm³/mol. The lowest BCUT2D eigenvalue weighted by atomic mass is 10.2. The number of hydrogen-bond acceptors (Lipinski definition) is 1. The lowest BCUT2D eigenvalue weighted by molar-refractivity contribution is 0.690. The first-order valence-corrected chi connectivity index (χ1v) is 4.46. The largest absolute Gasteiger partial charge is 0.286 e. The average molecular weight is 168 g/mol. The normalized spacial score (nSPS) is 20.3. The maximum absolute atomic E-state index is 10.9. The summed E-state index contributed by atoms with van der Waals surface area (Å²) in [7, 11) is 0. The highest BCUT2D eigenvalue weighted by atomic mass is 32.2. The Morgan fingerprint density at radius 2 is 2.00 bits per heavy atom. The van der Waals surface area contributed by atoms with Gasteiger partial charge in [-0.05, 0) is 24.6 Å².